The molecular weight excluding hydrogens is 251 g/mol. The van der Waals surface area contributed by atoms with Crippen LogP contribution in [0.25, 0.3) is 0 Å². The molecule has 0 aromatic rings. The summed E-state index contributed by atoms with van der Waals surface area (Å²) < 4.78 is 18.0. The Labute approximate surface area is 93.3 Å². The molecule has 0 N–H and O–H groups in total. The molecule has 0 aliphatic rings. The standard InChI is InChI=1S/C10H18BrFO2/c1-6(7(2)12)8(11)9(13)14-10(3,4)5/h6-8H,1-5H3. The molecule has 2 nitrogen and oxygen atoms in total. The molecule has 0 aliphatic carbocycles. The Morgan fingerprint density at radius 3 is 2.07 bits per heavy atom. The van der Waals surface area contributed by atoms with Crippen LogP contribution in [-0.4, -0.2) is 22.6 Å². The van der Waals surface area contributed by atoms with E-state index in [-0.39, 0.29) is 5.92 Å². The van der Waals surface area contributed by atoms with E-state index < -0.39 is 22.6 Å². The van der Waals surface area contributed by atoms with Crippen LogP contribution in [0.3, 0.4) is 0 Å². The number of ether oxygens (including phenoxy) is 1. The van der Waals surface area contributed by atoms with Gasteiger partial charge in [0.05, 0.1) is 0 Å². The maximum Gasteiger partial charge on any atom is 0.320 e. The quantitative estimate of drug-likeness (QED) is 0.581. The summed E-state index contributed by atoms with van der Waals surface area (Å²) in [6.07, 6.45) is -1.04. The summed E-state index contributed by atoms with van der Waals surface area (Å²) in [5.74, 6) is -0.792. The molecule has 0 saturated carbocycles. The van der Waals surface area contributed by atoms with E-state index in [2.05, 4.69) is 15.9 Å². The number of esters is 1. The largest absolute Gasteiger partial charge is 0.459 e. The Morgan fingerprint density at radius 1 is 1.36 bits per heavy atom. The maximum absolute atomic E-state index is 12.9. The highest BCUT2D eigenvalue weighted by Crippen LogP contribution is 2.22. The van der Waals surface area contributed by atoms with Crippen LogP contribution in [0.2, 0.25) is 0 Å². The van der Waals surface area contributed by atoms with Crippen molar-refractivity contribution in [3.05, 3.63) is 0 Å². The van der Waals surface area contributed by atoms with Crippen LogP contribution in [0, 0.1) is 5.92 Å². The summed E-state index contributed by atoms with van der Waals surface area (Å²) in [7, 11) is 0. The minimum absolute atomic E-state index is 0.384. The molecule has 0 saturated heterocycles. The molecule has 3 unspecified atom stereocenters. The highest BCUT2D eigenvalue weighted by atomic mass is 79.9. The van der Waals surface area contributed by atoms with Crippen molar-refractivity contribution in [3.63, 3.8) is 0 Å². The summed E-state index contributed by atoms with van der Waals surface area (Å²) in [6.45, 7) is 8.47. The van der Waals surface area contributed by atoms with Crippen molar-refractivity contribution in [2.24, 2.45) is 5.92 Å². The molecule has 0 aliphatic heterocycles. The van der Waals surface area contributed by atoms with Gasteiger partial charge in [-0.2, -0.15) is 0 Å². The van der Waals surface area contributed by atoms with Crippen LogP contribution in [0.4, 0.5) is 4.39 Å². The average Bonchev–Trinajstić information content (AvgIpc) is 1.98. The average molecular weight is 269 g/mol. The molecule has 0 bridgehead atoms. The lowest BCUT2D eigenvalue weighted by Gasteiger charge is -2.24. The Kier molecular flexibility index (Phi) is 5.06. The van der Waals surface area contributed by atoms with Crippen molar-refractivity contribution >= 4 is 21.9 Å². The van der Waals surface area contributed by atoms with Gasteiger partial charge >= 0.3 is 5.97 Å². The smallest absolute Gasteiger partial charge is 0.320 e. The van der Waals surface area contributed by atoms with E-state index in [1.54, 1.807) is 27.7 Å². The van der Waals surface area contributed by atoms with E-state index in [9.17, 15) is 9.18 Å². The Bertz CT molecular complexity index is 199. The van der Waals surface area contributed by atoms with Gasteiger partial charge in [0.2, 0.25) is 0 Å². The van der Waals surface area contributed by atoms with Gasteiger partial charge in [0.25, 0.3) is 0 Å². The van der Waals surface area contributed by atoms with E-state index in [0.29, 0.717) is 0 Å². The highest BCUT2D eigenvalue weighted by Gasteiger charge is 2.30. The SMILES string of the molecule is CC(F)C(C)C(Br)C(=O)OC(C)(C)C. The summed E-state index contributed by atoms with van der Waals surface area (Å²) in [5, 5.41) is 0. The monoisotopic (exact) mass is 268 g/mol. The van der Waals surface area contributed by atoms with Crippen LogP contribution >= 0.6 is 15.9 Å². The zero-order valence-electron chi connectivity index (χ0n) is 9.30. The Hall–Kier alpha value is -0.120. The van der Waals surface area contributed by atoms with Gasteiger partial charge < -0.3 is 4.74 Å². The van der Waals surface area contributed by atoms with Crippen molar-refractivity contribution in [2.75, 3.05) is 0 Å². The number of hydrogen-bond donors (Lipinski definition) is 0. The summed E-state index contributed by atoms with van der Waals surface area (Å²) in [6, 6.07) is 0. The first kappa shape index (κ1) is 13.9. The lowest BCUT2D eigenvalue weighted by Crippen LogP contribution is -2.34. The number of carbonyl (C=O) groups excluding carboxylic acids is 1. The number of carbonyl (C=O) groups is 1. The normalized spacial score (nSPS) is 18.5. The van der Waals surface area contributed by atoms with Gasteiger partial charge in [0.1, 0.15) is 16.6 Å². The first-order valence-electron chi connectivity index (χ1n) is 4.66. The molecule has 0 fully saturated rings. The van der Waals surface area contributed by atoms with E-state index in [4.69, 9.17) is 4.74 Å². The molecule has 0 aromatic heterocycles. The number of halogens is 2. The van der Waals surface area contributed by atoms with Gasteiger partial charge in [-0.15, -0.1) is 0 Å². The van der Waals surface area contributed by atoms with E-state index >= 15 is 0 Å². The highest BCUT2D eigenvalue weighted by molar-refractivity contribution is 9.10. The first-order valence-corrected chi connectivity index (χ1v) is 5.57. The zero-order valence-corrected chi connectivity index (χ0v) is 10.9. The van der Waals surface area contributed by atoms with Crippen molar-refractivity contribution in [1.29, 1.82) is 0 Å². The second-order valence-electron chi connectivity index (χ2n) is 4.47. The van der Waals surface area contributed by atoms with Gasteiger partial charge in [0.15, 0.2) is 0 Å². The third-order valence-electron chi connectivity index (χ3n) is 1.82. The second kappa shape index (κ2) is 5.10. The Morgan fingerprint density at radius 2 is 1.79 bits per heavy atom. The molecule has 0 rings (SSSR count). The van der Waals surface area contributed by atoms with E-state index in [0.717, 1.165) is 0 Å². The lowest BCUT2D eigenvalue weighted by molar-refractivity contribution is -0.155. The molecule has 0 heterocycles. The summed E-state index contributed by atoms with van der Waals surface area (Å²) in [4.78, 5) is 10.9. The van der Waals surface area contributed by atoms with Gasteiger partial charge in [-0.25, -0.2) is 4.39 Å². The van der Waals surface area contributed by atoms with Crippen LogP contribution in [-0.2, 0) is 9.53 Å². The minimum Gasteiger partial charge on any atom is -0.459 e. The molecule has 0 spiro atoms. The number of hydrogen-bond acceptors (Lipinski definition) is 2. The van der Waals surface area contributed by atoms with Crippen molar-refractivity contribution in [2.45, 2.75) is 51.2 Å². The molecule has 0 amide bonds. The van der Waals surface area contributed by atoms with Crippen molar-refractivity contribution < 1.29 is 13.9 Å². The molecule has 14 heavy (non-hydrogen) atoms. The minimum atomic E-state index is -1.04. The maximum atomic E-state index is 12.9. The summed E-state index contributed by atoms with van der Waals surface area (Å²) in [5.41, 5.74) is -0.525. The molecular formula is C10H18BrFO2. The van der Waals surface area contributed by atoms with Crippen molar-refractivity contribution in [3.8, 4) is 0 Å². The lowest BCUT2D eigenvalue weighted by atomic mass is 10.0. The van der Waals surface area contributed by atoms with Crippen LogP contribution < -0.4 is 0 Å². The zero-order chi connectivity index (χ0) is 11.5. The number of rotatable bonds is 3. The molecule has 4 heteroatoms. The van der Waals surface area contributed by atoms with Crippen LogP contribution in [0.15, 0.2) is 0 Å². The van der Waals surface area contributed by atoms with E-state index in [1.807, 2.05) is 0 Å². The molecule has 0 aromatic carbocycles. The van der Waals surface area contributed by atoms with Gasteiger partial charge in [-0.05, 0) is 27.7 Å². The van der Waals surface area contributed by atoms with Gasteiger partial charge in [-0.1, -0.05) is 22.9 Å². The first-order chi connectivity index (χ1) is 6.15. The second-order valence-corrected chi connectivity index (χ2v) is 5.46. The third-order valence-corrected chi connectivity index (χ3v) is 3.03. The van der Waals surface area contributed by atoms with Gasteiger partial charge in [0, 0.05) is 5.92 Å². The summed E-state index contributed by atoms with van der Waals surface area (Å²) >= 11 is 3.15. The van der Waals surface area contributed by atoms with Gasteiger partial charge in [-0.3, -0.25) is 4.79 Å². The third kappa shape index (κ3) is 4.94. The topological polar surface area (TPSA) is 26.3 Å². The van der Waals surface area contributed by atoms with Crippen LogP contribution in [0.5, 0.6) is 0 Å². The fraction of sp³-hybridized carbons (Fsp3) is 0.900. The predicted molar refractivity (Wildman–Crippen MR) is 58.3 cm³/mol. The molecule has 3 atom stereocenters. The predicted octanol–water partition coefficient (Wildman–Crippen LogP) is 3.09. The van der Waals surface area contributed by atoms with Crippen molar-refractivity contribution in [1.82, 2.24) is 0 Å². The fourth-order valence-electron chi connectivity index (χ4n) is 0.806. The Balaban J connectivity index is 4.26. The fourth-order valence-corrected chi connectivity index (χ4v) is 1.32. The molecule has 84 valence electrons. The number of alkyl halides is 2. The van der Waals surface area contributed by atoms with Crippen LogP contribution in [0.1, 0.15) is 34.6 Å². The molecule has 0 radical (unpaired) electrons. The van der Waals surface area contributed by atoms with E-state index in [1.165, 1.54) is 6.92 Å².